The van der Waals surface area contributed by atoms with Gasteiger partial charge in [-0.2, -0.15) is 0 Å². The maximum absolute atomic E-state index is 2.37. The molecule has 0 N–H and O–H groups in total. The van der Waals surface area contributed by atoms with E-state index in [1.807, 2.05) is 22.7 Å². The molecule has 2 heteroatoms. The summed E-state index contributed by atoms with van der Waals surface area (Å²) in [6.07, 6.45) is 2.43. The first kappa shape index (κ1) is 11.9. The maximum Gasteiger partial charge on any atom is 0.0445 e. The number of rotatable bonds is 4. The highest BCUT2D eigenvalue weighted by molar-refractivity contribution is 7.21. The Morgan fingerprint density at radius 1 is 1.06 bits per heavy atom. The molecule has 2 heterocycles. The second-order valence-electron chi connectivity index (χ2n) is 4.41. The van der Waals surface area contributed by atoms with Crippen LogP contribution in [0.5, 0.6) is 0 Å². The highest BCUT2D eigenvalue weighted by atomic mass is 32.1. The van der Waals surface area contributed by atoms with Crippen LogP contribution in [0.25, 0.3) is 9.75 Å². The molecule has 2 rings (SSSR count). The van der Waals surface area contributed by atoms with Crippen molar-refractivity contribution < 1.29 is 0 Å². The molecule has 2 aromatic rings. The van der Waals surface area contributed by atoms with Crippen LogP contribution in [0.1, 0.15) is 38.5 Å². The molecule has 0 amide bonds. The van der Waals surface area contributed by atoms with Crippen LogP contribution in [-0.4, -0.2) is 0 Å². The molecule has 0 radical (unpaired) electrons. The van der Waals surface area contributed by atoms with Crippen molar-refractivity contribution in [2.75, 3.05) is 0 Å². The van der Waals surface area contributed by atoms with E-state index in [0.717, 1.165) is 0 Å². The Balaban J connectivity index is 2.33. The lowest BCUT2D eigenvalue weighted by Crippen LogP contribution is -2.17. The molecule has 86 valence electrons. The van der Waals surface area contributed by atoms with Crippen molar-refractivity contribution >= 4 is 22.7 Å². The van der Waals surface area contributed by atoms with Crippen LogP contribution in [0.4, 0.5) is 0 Å². The van der Waals surface area contributed by atoms with Gasteiger partial charge in [-0.15, -0.1) is 22.7 Å². The molecule has 2 aromatic heterocycles. The summed E-state index contributed by atoms with van der Waals surface area (Å²) in [5.41, 5.74) is 0.361. The van der Waals surface area contributed by atoms with Crippen molar-refractivity contribution in [3.63, 3.8) is 0 Å². The molecule has 0 aliphatic carbocycles. The van der Waals surface area contributed by atoms with E-state index in [9.17, 15) is 0 Å². The number of hydrogen-bond acceptors (Lipinski definition) is 2. The summed E-state index contributed by atoms with van der Waals surface area (Å²) in [5, 5.41) is 2.15. The summed E-state index contributed by atoms with van der Waals surface area (Å²) in [5.74, 6) is 0. The molecule has 0 bridgehead atoms. The molecule has 0 nitrogen and oxygen atoms in total. The number of thiophene rings is 2. The first-order valence-corrected chi connectivity index (χ1v) is 7.53. The quantitative estimate of drug-likeness (QED) is 0.667. The second-order valence-corrected chi connectivity index (χ2v) is 6.44. The minimum atomic E-state index is 0.361. The molecule has 16 heavy (non-hydrogen) atoms. The van der Waals surface area contributed by atoms with E-state index < -0.39 is 0 Å². The van der Waals surface area contributed by atoms with Crippen molar-refractivity contribution in [1.82, 2.24) is 0 Å². The normalized spacial score (nSPS) is 11.9. The topological polar surface area (TPSA) is 0 Å². The first-order valence-electron chi connectivity index (χ1n) is 5.84. The zero-order chi connectivity index (χ0) is 11.6. The van der Waals surface area contributed by atoms with E-state index in [1.165, 1.54) is 27.5 Å². The van der Waals surface area contributed by atoms with Gasteiger partial charge in [0.1, 0.15) is 0 Å². The molecule has 0 aliphatic rings. The Labute approximate surface area is 106 Å². The lowest BCUT2D eigenvalue weighted by atomic mass is 9.83. The predicted octanol–water partition coefficient (Wildman–Crippen LogP) is 5.55. The third-order valence-corrected chi connectivity index (χ3v) is 5.98. The van der Waals surface area contributed by atoms with Gasteiger partial charge in [0.25, 0.3) is 0 Å². The summed E-state index contributed by atoms with van der Waals surface area (Å²) >= 11 is 3.78. The Morgan fingerprint density at radius 3 is 2.38 bits per heavy atom. The largest absolute Gasteiger partial charge is 0.143 e. The lowest BCUT2D eigenvalue weighted by Gasteiger charge is -2.24. The van der Waals surface area contributed by atoms with Gasteiger partial charge < -0.3 is 0 Å². The molecule has 0 atom stereocenters. The van der Waals surface area contributed by atoms with Crippen LogP contribution in [0.15, 0.2) is 29.6 Å². The van der Waals surface area contributed by atoms with Crippen molar-refractivity contribution in [3.05, 3.63) is 34.5 Å². The third-order valence-electron chi connectivity index (χ3n) is 3.53. The first-order chi connectivity index (χ1) is 7.69. The molecule has 0 aromatic carbocycles. The minimum absolute atomic E-state index is 0.361. The molecule has 0 fully saturated rings. The summed E-state index contributed by atoms with van der Waals surface area (Å²) in [7, 11) is 0. The zero-order valence-electron chi connectivity index (χ0n) is 10.1. The Bertz CT molecular complexity index is 433. The van der Waals surface area contributed by atoms with Crippen LogP contribution in [0.2, 0.25) is 0 Å². The predicted molar refractivity (Wildman–Crippen MR) is 75.6 cm³/mol. The van der Waals surface area contributed by atoms with E-state index >= 15 is 0 Å². The maximum atomic E-state index is 2.37. The zero-order valence-corrected chi connectivity index (χ0v) is 11.8. The van der Waals surface area contributed by atoms with Gasteiger partial charge in [-0.05, 0) is 36.4 Å². The van der Waals surface area contributed by atoms with E-state index in [1.54, 1.807) is 0 Å². The van der Waals surface area contributed by atoms with Crippen molar-refractivity contribution in [2.45, 2.75) is 39.0 Å². The van der Waals surface area contributed by atoms with Gasteiger partial charge in [0, 0.05) is 20.0 Å². The average Bonchev–Trinajstić information content (AvgIpc) is 2.97. The molecule has 0 unspecified atom stereocenters. The standard InChI is InChI=1S/C14H18S2/c1-4-14(3,5-2)13-9-8-12(16-13)11-7-6-10-15-11/h6-10H,4-5H2,1-3H3. The second kappa shape index (κ2) is 4.72. The van der Waals surface area contributed by atoms with Gasteiger partial charge in [-0.25, -0.2) is 0 Å². The summed E-state index contributed by atoms with van der Waals surface area (Å²) < 4.78 is 0. The average molecular weight is 250 g/mol. The molecule has 0 saturated carbocycles. The van der Waals surface area contributed by atoms with Crippen LogP contribution < -0.4 is 0 Å². The Kier molecular flexibility index (Phi) is 3.50. The molecular weight excluding hydrogens is 232 g/mol. The third kappa shape index (κ3) is 2.09. The molecular formula is C14H18S2. The van der Waals surface area contributed by atoms with E-state index in [4.69, 9.17) is 0 Å². The van der Waals surface area contributed by atoms with Crippen molar-refractivity contribution in [1.29, 1.82) is 0 Å². The summed E-state index contributed by atoms with van der Waals surface area (Å²) in [4.78, 5) is 4.34. The van der Waals surface area contributed by atoms with Gasteiger partial charge in [-0.3, -0.25) is 0 Å². The van der Waals surface area contributed by atoms with Crippen molar-refractivity contribution in [2.24, 2.45) is 0 Å². The fourth-order valence-corrected chi connectivity index (χ4v) is 3.94. The van der Waals surface area contributed by atoms with Gasteiger partial charge in [0.05, 0.1) is 0 Å². The smallest absolute Gasteiger partial charge is 0.0445 e. The van der Waals surface area contributed by atoms with Crippen LogP contribution >= 0.6 is 22.7 Å². The van der Waals surface area contributed by atoms with Gasteiger partial charge >= 0.3 is 0 Å². The lowest BCUT2D eigenvalue weighted by molar-refractivity contribution is 0.448. The fraction of sp³-hybridized carbons (Fsp3) is 0.429. The molecule has 0 spiro atoms. The van der Waals surface area contributed by atoms with Gasteiger partial charge in [0.2, 0.25) is 0 Å². The number of hydrogen-bond donors (Lipinski definition) is 0. The molecule has 0 saturated heterocycles. The van der Waals surface area contributed by atoms with Crippen LogP contribution in [0, 0.1) is 0 Å². The van der Waals surface area contributed by atoms with Crippen molar-refractivity contribution in [3.8, 4) is 9.75 Å². The molecule has 0 aliphatic heterocycles. The highest BCUT2D eigenvalue weighted by Crippen LogP contribution is 2.40. The van der Waals surface area contributed by atoms with Gasteiger partial charge in [0.15, 0.2) is 0 Å². The van der Waals surface area contributed by atoms with E-state index in [0.29, 0.717) is 5.41 Å². The Morgan fingerprint density at radius 2 is 1.81 bits per heavy atom. The van der Waals surface area contributed by atoms with Crippen LogP contribution in [0.3, 0.4) is 0 Å². The Hall–Kier alpha value is -0.600. The summed E-state index contributed by atoms with van der Waals surface area (Å²) in [6, 6.07) is 8.91. The minimum Gasteiger partial charge on any atom is -0.143 e. The van der Waals surface area contributed by atoms with Gasteiger partial charge in [-0.1, -0.05) is 26.8 Å². The monoisotopic (exact) mass is 250 g/mol. The van der Waals surface area contributed by atoms with Crippen LogP contribution in [-0.2, 0) is 5.41 Å². The summed E-state index contributed by atoms with van der Waals surface area (Å²) in [6.45, 7) is 6.94. The highest BCUT2D eigenvalue weighted by Gasteiger charge is 2.24. The SMILES string of the molecule is CCC(C)(CC)c1ccc(-c2cccs2)s1. The van der Waals surface area contributed by atoms with E-state index in [-0.39, 0.29) is 0 Å². The van der Waals surface area contributed by atoms with E-state index in [2.05, 4.69) is 50.4 Å². The fourth-order valence-electron chi connectivity index (χ4n) is 1.81.